The summed E-state index contributed by atoms with van der Waals surface area (Å²) < 4.78 is 5.29. The summed E-state index contributed by atoms with van der Waals surface area (Å²) in [5.41, 5.74) is 5.48. The Labute approximate surface area is 50.0 Å². The van der Waals surface area contributed by atoms with Crippen molar-refractivity contribution in [3.8, 4) is 0 Å². The SMILES string of the molecule is CCC1CCC(N)O1. The van der Waals surface area contributed by atoms with Gasteiger partial charge in [0.1, 0.15) is 6.23 Å². The normalized spacial score (nSPS) is 38.2. The minimum Gasteiger partial charge on any atom is -0.360 e. The first-order chi connectivity index (χ1) is 3.83. The van der Waals surface area contributed by atoms with Crippen molar-refractivity contribution >= 4 is 0 Å². The lowest BCUT2D eigenvalue weighted by molar-refractivity contribution is 0.0473. The van der Waals surface area contributed by atoms with Gasteiger partial charge in [-0.2, -0.15) is 0 Å². The Bertz CT molecular complexity index is 74.9. The Kier molecular flexibility index (Phi) is 1.86. The lowest BCUT2D eigenvalue weighted by Gasteiger charge is -2.05. The van der Waals surface area contributed by atoms with Crippen LogP contribution in [0.25, 0.3) is 0 Å². The molecular weight excluding hydrogens is 102 g/mol. The van der Waals surface area contributed by atoms with E-state index in [1.165, 1.54) is 0 Å². The van der Waals surface area contributed by atoms with Crippen molar-refractivity contribution < 1.29 is 4.74 Å². The summed E-state index contributed by atoms with van der Waals surface area (Å²) >= 11 is 0. The number of rotatable bonds is 1. The quantitative estimate of drug-likeness (QED) is 0.550. The zero-order chi connectivity index (χ0) is 5.98. The van der Waals surface area contributed by atoms with Gasteiger partial charge in [0.25, 0.3) is 0 Å². The maximum Gasteiger partial charge on any atom is 0.106 e. The molecular formula is C6H13NO. The first kappa shape index (κ1) is 6.05. The second kappa shape index (κ2) is 2.46. The Morgan fingerprint density at radius 1 is 1.62 bits per heavy atom. The highest BCUT2D eigenvalue weighted by Crippen LogP contribution is 2.17. The Morgan fingerprint density at radius 3 is 2.62 bits per heavy atom. The van der Waals surface area contributed by atoms with Crippen LogP contribution in [0.3, 0.4) is 0 Å². The third kappa shape index (κ3) is 1.20. The van der Waals surface area contributed by atoms with E-state index >= 15 is 0 Å². The van der Waals surface area contributed by atoms with Crippen LogP contribution in [0, 0.1) is 0 Å². The van der Waals surface area contributed by atoms with E-state index in [2.05, 4.69) is 6.92 Å². The number of hydrogen-bond acceptors (Lipinski definition) is 2. The van der Waals surface area contributed by atoms with Crippen molar-refractivity contribution in [2.24, 2.45) is 5.73 Å². The molecule has 2 nitrogen and oxygen atoms in total. The van der Waals surface area contributed by atoms with E-state index in [9.17, 15) is 0 Å². The first-order valence-corrected chi connectivity index (χ1v) is 3.24. The van der Waals surface area contributed by atoms with E-state index in [0.29, 0.717) is 6.10 Å². The molecule has 0 aliphatic carbocycles. The molecule has 0 spiro atoms. The summed E-state index contributed by atoms with van der Waals surface area (Å²) in [6, 6.07) is 0. The molecule has 48 valence electrons. The minimum absolute atomic E-state index is 0.0277. The van der Waals surface area contributed by atoms with Crippen molar-refractivity contribution in [1.82, 2.24) is 0 Å². The molecule has 0 aromatic rings. The summed E-state index contributed by atoms with van der Waals surface area (Å²) in [7, 11) is 0. The van der Waals surface area contributed by atoms with Gasteiger partial charge in [0.05, 0.1) is 6.10 Å². The summed E-state index contributed by atoms with van der Waals surface area (Å²) in [6.45, 7) is 2.13. The molecule has 0 aromatic carbocycles. The Morgan fingerprint density at radius 2 is 2.38 bits per heavy atom. The van der Waals surface area contributed by atoms with Crippen LogP contribution in [0.1, 0.15) is 26.2 Å². The predicted molar refractivity (Wildman–Crippen MR) is 32.4 cm³/mol. The smallest absolute Gasteiger partial charge is 0.106 e. The third-order valence-electron chi connectivity index (χ3n) is 1.60. The van der Waals surface area contributed by atoms with Gasteiger partial charge in [-0.05, 0) is 19.3 Å². The van der Waals surface area contributed by atoms with Crippen LogP contribution in [-0.2, 0) is 4.74 Å². The maximum atomic E-state index is 5.48. The van der Waals surface area contributed by atoms with E-state index in [4.69, 9.17) is 10.5 Å². The second-order valence-electron chi connectivity index (χ2n) is 2.28. The van der Waals surface area contributed by atoms with E-state index in [-0.39, 0.29) is 6.23 Å². The Balaban J connectivity index is 2.22. The molecule has 1 aliphatic heterocycles. The van der Waals surface area contributed by atoms with E-state index < -0.39 is 0 Å². The fourth-order valence-corrected chi connectivity index (χ4v) is 1.03. The zero-order valence-corrected chi connectivity index (χ0v) is 5.26. The summed E-state index contributed by atoms with van der Waals surface area (Å²) in [6.07, 6.45) is 3.77. The summed E-state index contributed by atoms with van der Waals surface area (Å²) in [5, 5.41) is 0. The summed E-state index contributed by atoms with van der Waals surface area (Å²) in [4.78, 5) is 0. The van der Waals surface area contributed by atoms with Crippen LogP contribution >= 0.6 is 0 Å². The van der Waals surface area contributed by atoms with Gasteiger partial charge in [-0.25, -0.2) is 0 Å². The van der Waals surface area contributed by atoms with Crippen LogP contribution in [0.5, 0.6) is 0 Å². The summed E-state index contributed by atoms with van der Waals surface area (Å²) in [5.74, 6) is 0. The fraction of sp³-hybridized carbons (Fsp3) is 1.00. The molecule has 0 aromatic heterocycles. The molecule has 0 saturated carbocycles. The number of nitrogens with two attached hydrogens (primary N) is 1. The number of hydrogen-bond donors (Lipinski definition) is 1. The lowest BCUT2D eigenvalue weighted by atomic mass is 10.2. The molecule has 2 heteroatoms. The van der Waals surface area contributed by atoms with Crippen LogP contribution in [0.15, 0.2) is 0 Å². The minimum atomic E-state index is 0.0277. The van der Waals surface area contributed by atoms with Crippen LogP contribution in [0.2, 0.25) is 0 Å². The second-order valence-corrected chi connectivity index (χ2v) is 2.28. The number of ether oxygens (including phenoxy) is 1. The molecule has 2 atom stereocenters. The molecule has 8 heavy (non-hydrogen) atoms. The van der Waals surface area contributed by atoms with Gasteiger partial charge in [-0.15, -0.1) is 0 Å². The van der Waals surface area contributed by atoms with Crippen LogP contribution in [0.4, 0.5) is 0 Å². The zero-order valence-electron chi connectivity index (χ0n) is 5.26. The van der Waals surface area contributed by atoms with Gasteiger partial charge in [-0.1, -0.05) is 6.92 Å². The first-order valence-electron chi connectivity index (χ1n) is 3.24. The van der Waals surface area contributed by atoms with Gasteiger partial charge in [0.15, 0.2) is 0 Å². The molecule has 2 N–H and O–H groups in total. The van der Waals surface area contributed by atoms with Gasteiger partial charge in [0.2, 0.25) is 0 Å². The highest BCUT2D eigenvalue weighted by Gasteiger charge is 2.19. The molecule has 0 amide bonds. The lowest BCUT2D eigenvalue weighted by Crippen LogP contribution is -2.19. The van der Waals surface area contributed by atoms with E-state index in [0.717, 1.165) is 19.3 Å². The van der Waals surface area contributed by atoms with Crippen LogP contribution < -0.4 is 5.73 Å². The van der Waals surface area contributed by atoms with Crippen molar-refractivity contribution in [2.45, 2.75) is 38.5 Å². The average molecular weight is 115 g/mol. The van der Waals surface area contributed by atoms with Crippen molar-refractivity contribution in [2.75, 3.05) is 0 Å². The topological polar surface area (TPSA) is 35.2 Å². The van der Waals surface area contributed by atoms with Gasteiger partial charge >= 0.3 is 0 Å². The molecule has 1 fully saturated rings. The van der Waals surface area contributed by atoms with Crippen molar-refractivity contribution in [3.05, 3.63) is 0 Å². The highest BCUT2D eigenvalue weighted by molar-refractivity contribution is 4.67. The van der Waals surface area contributed by atoms with Gasteiger partial charge < -0.3 is 10.5 Å². The molecule has 1 aliphatic rings. The van der Waals surface area contributed by atoms with Gasteiger partial charge in [0, 0.05) is 0 Å². The third-order valence-corrected chi connectivity index (χ3v) is 1.60. The predicted octanol–water partition coefficient (Wildman–Crippen LogP) is 0.860. The Hall–Kier alpha value is -0.0800. The fourth-order valence-electron chi connectivity index (χ4n) is 1.03. The molecule has 0 bridgehead atoms. The molecule has 1 heterocycles. The largest absolute Gasteiger partial charge is 0.360 e. The molecule has 1 saturated heterocycles. The van der Waals surface area contributed by atoms with Crippen molar-refractivity contribution in [3.63, 3.8) is 0 Å². The molecule has 1 rings (SSSR count). The van der Waals surface area contributed by atoms with E-state index in [1.54, 1.807) is 0 Å². The monoisotopic (exact) mass is 115 g/mol. The standard InChI is InChI=1S/C6H13NO/c1-2-5-3-4-6(7)8-5/h5-6H,2-4,7H2,1H3. The molecule has 0 radical (unpaired) electrons. The molecule has 2 unspecified atom stereocenters. The highest BCUT2D eigenvalue weighted by atomic mass is 16.5. The average Bonchev–Trinajstić information content (AvgIpc) is 2.14. The van der Waals surface area contributed by atoms with Crippen molar-refractivity contribution in [1.29, 1.82) is 0 Å². The van der Waals surface area contributed by atoms with Crippen LogP contribution in [-0.4, -0.2) is 12.3 Å². The maximum absolute atomic E-state index is 5.48. The van der Waals surface area contributed by atoms with Gasteiger partial charge in [-0.3, -0.25) is 0 Å². The van der Waals surface area contributed by atoms with E-state index in [1.807, 2.05) is 0 Å².